The van der Waals surface area contributed by atoms with E-state index in [1.807, 2.05) is 23.6 Å². The van der Waals surface area contributed by atoms with Crippen molar-refractivity contribution in [3.8, 4) is 0 Å². The van der Waals surface area contributed by atoms with Crippen LogP contribution in [0.5, 0.6) is 0 Å². The SMILES string of the molecule is CCCC1NC(=O)C(CC)N(C2CCCC(SC)C2)C1=O. The number of rotatable bonds is 5. The van der Waals surface area contributed by atoms with Gasteiger partial charge in [0.05, 0.1) is 0 Å². The number of nitrogens with one attached hydrogen (secondary N) is 1. The highest BCUT2D eigenvalue weighted by atomic mass is 32.2. The molecular weight excluding hydrogens is 284 g/mol. The molecule has 0 aromatic carbocycles. The first-order valence-corrected chi connectivity index (χ1v) is 9.56. The minimum atomic E-state index is -0.306. The van der Waals surface area contributed by atoms with Crippen LogP contribution in [0.4, 0.5) is 0 Å². The predicted molar refractivity (Wildman–Crippen MR) is 87.3 cm³/mol. The van der Waals surface area contributed by atoms with Gasteiger partial charge in [-0.3, -0.25) is 9.59 Å². The molecule has 1 saturated carbocycles. The van der Waals surface area contributed by atoms with Gasteiger partial charge >= 0.3 is 0 Å². The Labute approximate surface area is 132 Å². The van der Waals surface area contributed by atoms with Crippen LogP contribution in [0.3, 0.4) is 0 Å². The molecule has 1 heterocycles. The molecule has 1 aliphatic carbocycles. The van der Waals surface area contributed by atoms with Gasteiger partial charge in [0.1, 0.15) is 12.1 Å². The average Bonchev–Trinajstić information content (AvgIpc) is 2.50. The predicted octanol–water partition coefficient (Wildman–Crippen LogP) is 2.57. The van der Waals surface area contributed by atoms with E-state index in [0.29, 0.717) is 11.7 Å². The molecule has 21 heavy (non-hydrogen) atoms. The van der Waals surface area contributed by atoms with Crippen LogP contribution >= 0.6 is 11.8 Å². The van der Waals surface area contributed by atoms with E-state index < -0.39 is 0 Å². The first-order valence-electron chi connectivity index (χ1n) is 8.27. The lowest BCUT2D eigenvalue weighted by Gasteiger charge is -2.45. The molecule has 4 unspecified atom stereocenters. The van der Waals surface area contributed by atoms with Crippen LogP contribution in [0.1, 0.15) is 58.8 Å². The number of hydrogen-bond donors (Lipinski definition) is 1. The van der Waals surface area contributed by atoms with Gasteiger partial charge in [-0.05, 0) is 38.4 Å². The second-order valence-corrected chi connectivity index (χ2v) is 7.34. The topological polar surface area (TPSA) is 49.4 Å². The molecule has 120 valence electrons. The normalized spacial score (nSPS) is 34.0. The van der Waals surface area contributed by atoms with Crippen molar-refractivity contribution in [2.75, 3.05) is 6.26 Å². The first kappa shape index (κ1) is 16.7. The molecule has 2 fully saturated rings. The summed E-state index contributed by atoms with van der Waals surface area (Å²) in [7, 11) is 0. The van der Waals surface area contributed by atoms with E-state index in [9.17, 15) is 9.59 Å². The van der Waals surface area contributed by atoms with E-state index in [0.717, 1.165) is 32.1 Å². The molecule has 0 radical (unpaired) electrons. The Hall–Kier alpha value is -0.710. The van der Waals surface area contributed by atoms with Crippen molar-refractivity contribution in [2.45, 2.75) is 82.2 Å². The first-order chi connectivity index (χ1) is 10.1. The van der Waals surface area contributed by atoms with Crippen LogP contribution in [0.25, 0.3) is 0 Å². The fourth-order valence-corrected chi connectivity index (χ4v) is 4.49. The van der Waals surface area contributed by atoms with Crippen molar-refractivity contribution in [3.63, 3.8) is 0 Å². The maximum atomic E-state index is 12.8. The zero-order valence-electron chi connectivity index (χ0n) is 13.4. The maximum absolute atomic E-state index is 12.8. The van der Waals surface area contributed by atoms with Gasteiger partial charge in [0, 0.05) is 11.3 Å². The van der Waals surface area contributed by atoms with Crippen LogP contribution in [-0.2, 0) is 9.59 Å². The number of hydrogen-bond acceptors (Lipinski definition) is 3. The summed E-state index contributed by atoms with van der Waals surface area (Å²) >= 11 is 1.90. The lowest BCUT2D eigenvalue weighted by molar-refractivity contribution is -0.153. The third kappa shape index (κ3) is 3.55. The van der Waals surface area contributed by atoms with E-state index in [1.54, 1.807) is 0 Å². The van der Waals surface area contributed by atoms with Gasteiger partial charge in [0.15, 0.2) is 0 Å². The summed E-state index contributed by atoms with van der Waals surface area (Å²) < 4.78 is 0. The molecule has 2 aliphatic rings. The van der Waals surface area contributed by atoms with E-state index in [2.05, 4.69) is 18.5 Å². The van der Waals surface area contributed by atoms with Gasteiger partial charge in [-0.1, -0.05) is 26.7 Å². The Bertz CT molecular complexity index is 388. The average molecular weight is 312 g/mol. The Morgan fingerprint density at radius 2 is 2.05 bits per heavy atom. The monoisotopic (exact) mass is 312 g/mol. The molecule has 0 aromatic heterocycles. The van der Waals surface area contributed by atoms with Crippen LogP contribution in [-0.4, -0.2) is 46.3 Å². The smallest absolute Gasteiger partial charge is 0.246 e. The Morgan fingerprint density at radius 3 is 2.67 bits per heavy atom. The lowest BCUT2D eigenvalue weighted by atomic mass is 9.90. The molecule has 2 rings (SSSR count). The van der Waals surface area contributed by atoms with Crippen molar-refractivity contribution in [3.05, 3.63) is 0 Å². The quantitative estimate of drug-likeness (QED) is 0.849. The number of amides is 2. The van der Waals surface area contributed by atoms with Gasteiger partial charge in [0.2, 0.25) is 11.8 Å². The molecule has 0 bridgehead atoms. The lowest BCUT2D eigenvalue weighted by Crippen LogP contribution is -2.66. The van der Waals surface area contributed by atoms with Gasteiger partial charge in [0.25, 0.3) is 0 Å². The van der Waals surface area contributed by atoms with Crippen LogP contribution < -0.4 is 5.32 Å². The molecule has 5 heteroatoms. The third-order valence-electron chi connectivity index (χ3n) is 4.80. The number of nitrogens with zero attached hydrogens (tertiary/aromatic N) is 1. The summed E-state index contributed by atoms with van der Waals surface area (Å²) in [5, 5.41) is 3.56. The third-order valence-corrected chi connectivity index (χ3v) is 5.89. The number of carbonyl (C=O) groups excluding carboxylic acids is 2. The second-order valence-electron chi connectivity index (χ2n) is 6.20. The van der Waals surface area contributed by atoms with Gasteiger partial charge in [-0.15, -0.1) is 0 Å². The summed E-state index contributed by atoms with van der Waals surface area (Å²) in [4.78, 5) is 27.1. The van der Waals surface area contributed by atoms with Crippen molar-refractivity contribution in [1.29, 1.82) is 0 Å². The zero-order valence-corrected chi connectivity index (χ0v) is 14.2. The standard InChI is InChI=1S/C16H28N2O2S/c1-4-7-13-16(20)18(14(5-2)15(19)17-13)11-8-6-9-12(10-11)21-3/h11-14H,4-10H2,1-3H3,(H,17,19). The Kier molecular flexibility index (Phi) is 5.97. The summed E-state index contributed by atoms with van der Waals surface area (Å²) in [5.74, 6) is 0.192. The minimum Gasteiger partial charge on any atom is -0.343 e. The molecule has 1 aliphatic heterocycles. The van der Waals surface area contributed by atoms with Crippen LogP contribution in [0, 0.1) is 0 Å². The van der Waals surface area contributed by atoms with Crippen molar-refractivity contribution >= 4 is 23.6 Å². The highest BCUT2D eigenvalue weighted by molar-refractivity contribution is 7.99. The van der Waals surface area contributed by atoms with Crippen molar-refractivity contribution in [1.82, 2.24) is 10.2 Å². The fraction of sp³-hybridized carbons (Fsp3) is 0.875. The fourth-order valence-electron chi connectivity index (χ4n) is 3.68. The number of thioether (sulfide) groups is 1. The Morgan fingerprint density at radius 1 is 1.29 bits per heavy atom. The van der Waals surface area contributed by atoms with E-state index >= 15 is 0 Å². The van der Waals surface area contributed by atoms with Crippen LogP contribution in [0.2, 0.25) is 0 Å². The highest BCUT2D eigenvalue weighted by Gasteiger charge is 2.43. The van der Waals surface area contributed by atoms with Gasteiger partial charge < -0.3 is 10.2 Å². The number of carbonyl (C=O) groups is 2. The molecule has 4 atom stereocenters. The molecule has 0 aromatic rings. The maximum Gasteiger partial charge on any atom is 0.246 e. The second kappa shape index (κ2) is 7.52. The van der Waals surface area contributed by atoms with Gasteiger partial charge in [-0.2, -0.15) is 11.8 Å². The van der Waals surface area contributed by atoms with E-state index in [4.69, 9.17) is 0 Å². The largest absolute Gasteiger partial charge is 0.343 e. The molecule has 2 amide bonds. The zero-order chi connectivity index (χ0) is 15.4. The minimum absolute atomic E-state index is 0.0434. The summed E-state index contributed by atoms with van der Waals surface area (Å²) in [6, 6.07) is -0.324. The summed E-state index contributed by atoms with van der Waals surface area (Å²) in [6.45, 7) is 4.06. The van der Waals surface area contributed by atoms with E-state index in [1.165, 1.54) is 6.42 Å². The van der Waals surface area contributed by atoms with Gasteiger partial charge in [-0.25, -0.2) is 0 Å². The highest BCUT2D eigenvalue weighted by Crippen LogP contribution is 2.32. The molecule has 1 N–H and O–H groups in total. The number of piperazine rings is 1. The van der Waals surface area contributed by atoms with Crippen LogP contribution in [0.15, 0.2) is 0 Å². The molecular formula is C16H28N2O2S. The molecule has 1 saturated heterocycles. The summed E-state index contributed by atoms with van der Waals surface area (Å²) in [5.41, 5.74) is 0. The molecule has 4 nitrogen and oxygen atoms in total. The molecule has 0 spiro atoms. The van der Waals surface area contributed by atoms with Crippen molar-refractivity contribution < 1.29 is 9.59 Å². The summed E-state index contributed by atoms with van der Waals surface area (Å²) in [6.07, 6.45) is 9.00. The Balaban J connectivity index is 2.18. The van der Waals surface area contributed by atoms with Crippen molar-refractivity contribution in [2.24, 2.45) is 0 Å². The van der Waals surface area contributed by atoms with E-state index in [-0.39, 0.29) is 29.9 Å².